The van der Waals surface area contributed by atoms with Crippen LogP contribution < -0.4 is 10.0 Å². The van der Waals surface area contributed by atoms with Gasteiger partial charge in [-0.2, -0.15) is 5.26 Å². The molecule has 0 saturated carbocycles. The molecule has 168 valence electrons. The van der Waals surface area contributed by atoms with Crippen LogP contribution >= 0.6 is 0 Å². The number of fused-ring (bicyclic) bond motifs is 1. The van der Waals surface area contributed by atoms with Crippen LogP contribution in [-0.4, -0.2) is 16.5 Å². The van der Waals surface area contributed by atoms with Crippen LogP contribution in [0, 0.1) is 21.9 Å². The molecule has 1 aromatic heterocycles. The van der Waals surface area contributed by atoms with Crippen molar-refractivity contribution >= 4 is 28.5 Å². The van der Waals surface area contributed by atoms with Gasteiger partial charge in [-0.3, -0.25) is 9.57 Å². The molecule has 3 N–H and O–H groups in total. The highest BCUT2D eigenvalue weighted by molar-refractivity contribution is 7.84. The number of anilines is 1. The number of carbonyl (C=O) groups excluding carboxylic acids is 1. The van der Waals surface area contributed by atoms with Crippen LogP contribution in [0.4, 0.5) is 10.1 Å². The van der Waals surface area contributed by atoms with Gasteiger partial charge >= 0.3 is 0 Å². The summed E-state index contributed by atoms with van der Waals surface area (Å²) in [4.78, 5) is 13.8. The maximum absolute atomic E-state index is 13.6. The van der Waals surface area contributed by atoms with Gasteiger partial charge in [0.2, 0.25) is 0 Å². The first kappa shape index (κ1) is 22.6. The fourth-order valence-electron chi connectivity index (χ4n) is 3.89. The Morgan fingerprint density at radius 3 is 2.85 bits per heavy atom. The maximum atomic E-state index is 13.6. The SMILES string of the molecule is Cn1cc2c(c1C(=O)Nc1ccc(F)c(C#N)c1)C=CC(CCCc1ccccc1)NS2=N. The van der Waals surface area contributed by atoms with Gasteiger partial charge in [-0.05, 0) is 53.9 Å². The summed E-state index contributed by atoms with van der Waals surface area (Å²) in [6.07, 6.45) is 8.59. The van der Waals surface area contributed by atoms with E-state index in [1.807, 2.05) is 30.4 Å². The Labute approximate surface area is 194 Å². The molecule has 1 aliphatic heterocycles. The van der Waals surface area contributed by atoms with Gasteiger partial charge in [-0.15, -0.1) is 0 Å². The van der Waals surface area contributed by atoms with Crippen molar-refractivity contribution in [3.8, 4) is 6.07 Å². The first-order valence-electron chi connectivity index (χ1n) is 10.6. The number of rotatable bonds is 6. The average molecular weight is 462 g/mol. The number of halogens is 1. The molecule has 0 spiro atoms. The van der Waals surface area contributed by atoms with Gasteiger partial charge in [0, 0.05) is 30.5 Å². The van der Waals surface area contributed by atoms with Gasteiger partial charge in [0.25, 0.3) is 5.91 Å². The molecule has 3 aromatic rings. The number of aryl methyl sites for hydroxylation is 2. The molecule has 2 unspecified atom stereocenters. The van der Waals surface area contributed by atoms with E-state index in [2.05, 4.69) is 22.2 Å². The highest BCUT2D eigenvalue weighted by atomic mass is 32.2. The zero-order valence-corrected chi connectivity index (χ0v) is 19.0. The highest BCUT2D eigenvalue weighted by Gasteiger charge is 2.24. The Balaban J connectivity index is 1.50. The van der Waals surface area contributed by atoms with E-state index >= 15 is 0 Å². The van der Waals surface area contributed by atoms with Crippen LogP contribution in [0.3, 0.4) is 0 Å². The fourth-order valence-corrected chi connectivity index (χ4v) is 5.17. The minimum Gasteiger partial charge on any atom is -0.345 e. The third kappa shape index (κ3) is 5.11. The molecule has 2 atom stereocenters. The number of carbonyl (C=O) groups is 1. The molecule has 1 aliphatic rings. The Morgan fingerprint density at radius 1 is 1.30 bits per heavy atom. The number of nitrogens with one attached hydrogen (secondary N) is 3. The molecule has 1 amide bonds. The molecular weight excluding hydrogens is 437 g/mol. The zero-order chi connectivity index (χ0) is 23.4. The van der Waals surface area contributed by atoms with E-state index in [1.165, 1.54) is 17.7 Å². The van der Waals surface area contributed by atoms with Gasteiger partial charge in [0.1, 0.15) is 17.6 Å². The quantitative estimate of drug-likeness (QED) is 0.485. The monoisotopic (exact) mass is 461 g/mol. The summed E-state index contributed by atoms with van der Waals surface area (Å²) in [5.74, 6) is -1.01. The van der Waals surface area contributed by atoms with Crippen LogP contribution in [0.15, 0.2) is 65.7 Å². The lowest BCUT2D eigenvalue weighted by atomic mass is 10.0. The molecule has 0 aliphatic carbocycles. The fraction of sp³-hybridized carbons (Fsp3) is 0.200. The summed E-state index contributed by atoms with van der Waals surface area (Å²) in [7, 11) is 0.784. The summed E-state index contributed by atoms with van der Waals surface area (Å²) < 4.78 is 27.3. The van der Waals surface area contributed by atoms with Gasteiger partial charge in [0.05, 0.1) is 10.5 Å². The van der Waals surface area contributed by atoms with Gasteiger partial charge in [-0.25, -0.2) is 9.11 Å². The van der Waals surface area contributed by atoms with E-state index in [9.17, 15) is 9.18 Å². The minimum absolute atomic E-state index is 0.0402. The lowest BCUT2D eigenvalue weighted by Gasteiger charge is -2.14. The average Bonchev–Trinajstić information content (AvgIpc) is 3.07. The molecule has 0 bridgehead atoms. The van der Waals surface area contributed by atoms with E-state index in [-0.39, 0.29) is 17.5 Å². The predicted molar refractivity (Wildman–Crippen MR) is 128 cm³/mol. The Hall–Kier alpha value is -3.54. The molecule has 0 radical (unpaired) electrons. The van der Waals surface area contributed by atoms with E-state index < -0.39 is 16.7 Å². The summed E-state index contributed by atoms with van der Waals surface area (Å²) in [5.41, 5.74) is 2.62. The van der Waals surface area contributed by atoms with Crippen molar-refractivity contribution in [1.82, 2.24) is 9.29 Å². The molecule has 2 heterocycles. The molecule has 0 saturated heterocycles. The number of hydrogen-bond donors (Lipinski definition) is 3. The number of aromatic nitrogens is 1. The highest BCUT2D eigenvalue weighted by Crippen LogP contribution is 2.26. The number of nitriles is 1. The van der Waals surface area contributed by atoms with Crippen LogP contribution in [0.2, 0.25) is 0 Å². The van der Waals surface area contributed by atoms with Gasteiger partial charge in [-0.1, -0.05) is 42.5 Å². The number of hydrogen-bond acceptors (Lipinski definition) is 3. The first-order valence-corrected chi connectivity index (χ1v) is 11.8. The number of nitrogens with zero attached hydrogens (tertiary/aromatic N) is 2. The largest absolute Gasteiger partial charge is 0.345 e. The van der Waals surface area contributed by atoms with E-state index in [4.69, 9.17) is 10.0 Å². The molecule has 0 fully saturated rings. The van der Waals surface area contributed by atoms with Crippen LogP contribution in [-0.2, 0) is 24.3 Å². The molecule has 33 heavy (non-hydrogen) atoms. The lowest BCUT2D eigenvalue weighted by Crippen LogP contribution is -2.27. The third-order valence-electron chi connectivity index (χ3n) is 5.55. The summed E-state index contributed by atoms with van der Waals surface area (Å²) in [5, 5.41) is 11.8. The van der Waals surface area contributed by atoms with Gasteiger partial charge < -0.3 is 9.88 Å². The summed E-state index contributed by atoms with van der Waals surface area (Å²) >= 11 is 0. The predicted octanol–water partition coefficient (Wildman–Crippen LogP) is 4.95. The number of benzene rings is 2. The Bertz CT molecular complexity index is 1280. The minimum atomic E-state index is -0.977. The topological polar surface area (TPSA) is 93.7 Å². The van der Waals surface area contributed by atoms with Crippen molar-refractivity contribution in [2.24, 2.45) is 7.05 Å². The molecule has 6 nitrogen and oxygen atoms in total. The smallest absolute Gasteiger partial charge is 0.272 e. The van der Waals surface area contributed by atoms with Crippen molar-refractivity contribution in [3.05, 3.63) is 89.0 Å². The van der Waals surface area contributed by atoms with Crippen molar-refractivity contribution in [3.63, 3.8) is 0 Å². The standard InChI is InChI=1S/C25H24FN5OS/c1-31-16-23-21(24(31)25(32)29-20-11-13-22(26)18(14-20)15-27)12-10-19(30-33(23)28)9-5-8-17-6-3-2-4-7-17/h2-4,6-7,10-14,16,19H,5,8-9H2,1H3,(H2,28,30)(H,29,32). The first-order chi connectivity index (χ1) is 16.0. The summed E-state index contributed by atoms with van der Waals surface area (Å²) in [6.45, 7) is 0. The maximum Gasteiger partial charge on any atom is 0.272 e. The van der Waals surface area contributed by atoms with Crippen molar-refractivity contribution < 1.29 is 9.18 Å². The van der Waals surface area contributed by atoms with E-state index in [0.29, 0.717) is 16.9 Å². The van der Waals surface area contributed by atoms with Crippen LogP contribution in [0.1, 0.15) is 40.0 Å². The Morgan fingerprint density at radius 2 is 2.09 bits per heavy atom. The number of amides is 1. The van der Waals surface area contributed by atoms with Crippen molar-refractivity contribution in [2.45, 2.75) is 30.2 Å². The molecular formula is C25H24FN5OS. The molecule has 4 rings (SSSR count). The lowest BCUT2D eigenvalue weighted by molar-refractivity contribution is 0.101. The molecule has 8 heteroatoms. The third-order valence-corrected chi connectivity index (χ3v) is 6.86. The second kappa shape index (κ2) is 9.94. The van der Waals surface area contributed by atoms with Gasteiger partial charge in [0.15, 0.2) is 0 Å². The zero-order valence-electron chi connectivity index (χ0n) is 18.1. The van der Waals surface area contributed by atoms with Crippen molar-refractivity contribution in [1.29, 1.82) is 10.0 Å². The normalized spacial score (nSPS) is 17.1. The van der Waals surface area contributed by atoms with E-state index in [1.54, 1.807) is 23.9 Å². The molecule has 2 aromatic carbocycles. The van der Waals surface area contributed by atoms with Crippen molar-refractivity contribution in [2.75, 3.05) is 5.32 Å². The van der Waals surface area contributed by atoms with Crippen LogP contribution in [0.5, 0.6) is 0 Å². The second-order valence-electron chi connectivity index (χ2n) is 7.89. The summed E-state index contributed by atoms with van der Waals surface area (Å²) in [6, 6.07) is 16.0. The van der Waals surface area contributed by atoms with Crippen LogP contribution in [0.25, 0.3) is 6.08 Å². The Kier molecular flexibility index (Phi) is 6.82. The van der Waals surface area contributed by atoms with E-state index in [0.717, 1.165) is 30.2 Å². The second-order valence-corrected chi connectivity index (χ2v) is 9.18.